The fraction of sp³-hybridized carbons (Fsp3) is 0.320. The zero-order chi connectivity index (χ0) is 22.5. The van der Waals surface area contributed by atoms with E-state index in [1.165, 1.54) is 11.1 Å². The van der Waals surface area contributed by atoms with E-state index in [2.05, 4.69) is 17.2 Å². The number of carbonyl (C=O) groups excluding carboxylic acids is 2. The molecule has 0 saturated carbocycles. The summed E-state index contributed by atoms with van der Waals surface area (Å²) >= 11 is 0. The van der Waals surface area contributed by atoms with Crippen molar-refractivity contribution in [2.75, 3.05) is 13.7 Å². The van der Waals surface area contributed by atoms with Crippen molar-refractivity contribution < 1.29 is 14.3 Å². The molecule has 0 aliphatic rings. The molecule has 3 rings (SSSR count). The number of hydrogen-bond donors (Lipinski definition) is 0. The van der Waals surface area contributed by atoms with E-state index in [1.807, 2.05) is 57.2 Å². The maximum Gasteiger partial charge on any atom is 0.342 e. The summed E-state index contributed by atoms with van der Waals surface area (Å²) in [6.07, 6.45) is 0. The third-order valence-corrected chi connectivity index (χ3v) is 5.33. The van der Waals surface area contributed by atoms with Crippen LogP contribution in [0.1, 0.15) is 44.0 Å². The average molecular weight is 420 g/mol. The molecule has 0 unspecified atom stereocenters. The van der Waals surface area contributed by atoms with Crippen LogP contribution in [0.5, 0.6) is 0 Å². The molecule has 0 atom stereocenters. The summed E-state index contributed by atoms with van der Waals surface area (Å²) in [5, 5.41) is 4.49. The molecule has 31 heavy (non-hydrogen) atoms. The Bertz CT molecular complexity index is 1070. The molecule has 0 bridgehead atoms. The first-order valence-electron chi connectivity index (χ1n) is 10.3. The number of hydrogen-bond acceptors (Lipinski definition) is 4. The van der Waals surface area contributed by atoms with E-state index in [9.17, 15) is 9.59 Å². The fourth-order valence-electron chi connectivity index (χ4n) is 3.38. The van der Waals surface area contributed by atoms with Crippen LogP contribution >= 0.6 is 0 Å². The molecule has 6 nitrogen and oxygen atoms in total. The molecule has 2 aromatic carbocycles. The first-order valence-corrected chi connectivity index (χ1v) is 10.3. The van der Waals surface area contributed by atoms with E-state index in [1.54, 1.807) is 23.6 Å². The van der Waals surface area contributed by atoms with Crippen LogP contribution in [0.4, 0.5) is 0 Å². The molecule has 3 aromatic rings. The minimum absolute atomic E-state index is 0.253. The first kappa shape index (κ1) is 22.3. The predicted octanol–water partition coefficient (Wildman–Crippen LogP) is 3.98. The molecule has 6 heteroatoms. The van der Waals surface area contributed by atoms with Gasteiger partial charge in [0.05, 0.1) is 17.9 Å². The van der Waals surface area contributed by atoms with Crippen LogP contribution in [0.3, 0.4) is 0 Å². The molecule has 0 aliphatic heterocycles. The number of benzene rings is 2. The molecule has 0 spiro atoms. The Kier molecular flexibility index (Phi) is 6.90. The maximum atomic E-state index is 12.7. The average Bonchev–Trinajstić information content (AvgIpc) is 3.02. The standard InChI is InChI=1S/C25H29N3O3/c1-17-6-10-21(11-7-17)14-27(5)23(29)16-31-25(30)24-19(3)26-28(20(24)4)15-22-12-8-18(2)9-13-22/h6-13H,14-16H2,1-5H3. The molecule has 0 radical (unpaired) electrons. The first-order chi connectivity index (χ1) is 14.7. The summed E-state index contributed by atoms with van der Waals surface area (Å²) in [6.45, 7) is 8.41. The summed E-state index contributed by atoms with van der Waals surface area (Å²) in [5.74, 6) is -0.779. The van der Waals surface area contributed by atoms with Crippen molar-refractivity contribution in [3.8, 4) is 0 Å². The summed E-state index contributed by atoms with van der Waals surface area (Å²) in [5.41, 5.74) is 6.22. The highest BCUT2D eigenvalue weighted by Gasteiger charge is 2.22. The molecular formula is C25H29N3O3. The number of rotatable bonds is 7. The number of carbonyl (C=O) groups is 2. The van der Waals surface area contributed by atoms with Crippen LogP contribution in [0, 0.1) is 27.7 Å². The number of aryl methyl sites for hydroxylation is 3. The number of esters is 1. The van der Waals surface area contributed by atoms with Gasteiger partial charge in [0, 0.05) is 13.6 Å². The highest BCUT2D eigenvalue weighted by atomic mass is 16.5. The Balaban J connectivity index is 1.60. The highest BCUT2D eigenvalue weighted by Crippen LogP contribution is 2.17. The zero-order valence-corrected chi connectivity index (χ0v) is 18.8. The zero-order valence-electron chi connectivity index (χ0n) is 18.8. The second-order valence-electron chi connectivity index (χ2n) is 8.00. The highest BCUT2D eigenvalue weighted by molar-refractivity contribution is 5.93. The molecule has 0 N–H and O–H groups in total. The van der Waals surface area contributed by atoms with Crippen LogP contribution in [-0.2, 0) is 22.6 Å². The lowest BCUT2D eigenvalue weighted by atomic mass is 10.1. The number of likely N-dealkylation sites (N-methyl/N-ethyl adjacent to an activating group) is 1. The monoisotopic (exact) mass is 419 g/mol. The van der Waals surface area contributed by atoms with Crippen LogP contribution in [0.15, 0.2) is 48.5 Å². The molecule has 1 heterocycles. The van der Waals surface area contributed by atoms with Gasteiger partial charge in [-0.3, -0.25) is 9.48 Å². The molecule has 1 aromatic heterocycles. The molecule has 162 valence electrons. The number of ether oxygens (including phenoxy) is 1. The van der Waals surface area contributed by atoms with Crippen LogP contribution in [-0.4, -0.2) is 40.2 Å². The van der Waals surface area contributed by atoms with Gasteiger partial charge in [-0.1, -0.05) is 59.7 Å². The van der Waals surface area contributed by atoms with E-state index in [-0.39, 0.29) is 12.5 Å². The Morgan fingerprint density at radius 1 is 0.903 bits per heavy atom. The third-order valence-electron chi connectivity index (χ3n) is 5.33. The quantitative estimate of drug-likeness (QED) is 0.544. The smallest absolute Gasteiger partial charge is 0.342 e. The Hall–Kier alpha value is -3.41. The number of nitrogens with zero attached hydrogens (tertiary/aromatic N) is 3. The molecule has 0 saturated heterocycles. The van der Waals surface area contributed by atoms with Gasteiger partial charge in [-0.15, -0.1) is 0 Å². The van der Waals surface area contributed by atoms with E-state index < -0.39 is 5.97 Å². The van der Waals surface area contributed by atoms with Gasteiger partial charge in [0.25, 0.3) is 5.91 Å². The second kappa shape index (κ2) is 9.60. The Labute approximate surface area is 183 Å². The van der Waals surface area contributed by atoms with Crippen LogP contribution in [0.25, 0.3) is 0 Å². The van der Waals surface area contributed by atoms with Crippen molar-refractivity contribution in [2.24, 2.45) is 0 Å². The van der Waals surface area contributed by atoms with Crippen molar-refractivity contribution in [3.63, 3.8) is 0 Å². The molecule has 0 aliphatic carbocycles. The van der Waals surface area contributed by atoms with Gasteiger partial charge in [-0.25, -0.2) is 4.79 Å². The van der Waals surface area contributed by atoms with Crippen LogP contribution in [0.2, 0.25) is 0 Å². The summed E-state index contributed by atoms with van der Waals surface area (Å²) in [7, 11) is 1.70. The van der Waals surface area contributed by atoms with Gasteiger partial charge >= 0.3 is 5.97 Å². The van der Waals surface area contributed by atoms with Crippen molar-refractivity contribution in [1.29, 1.82) is 0 Å². The van der Waals surface area contributed by atoms with Gasteiger partial charge in [-0.2, -0.15) is 5.10 Å². The minimum Gasteiger partial charge on any atom is -0.452 e. The topological polar surface area (TPSA) is 64.4 Å². The lowest BCUT2D eigenvalue weighted by Gasteiger charge is -2.17. The summed E-state index contributed by atoms with van der Waals surface area (Å²) in [6, 6.07) is 16.2. The van der Waals surface area contributed by atoms with Gasteiger partial charge in [0.1, 0.15) is 5.56 Å². The Morgan fingerprint density at radius 3 is 2.03 bits per heavy atom. The van der Waals surface area contributed by atoms with Crippen LogP contribution < -0.4 is 0 Å². The predicted molar refractivity (Wildman–Crippen MR) is 120 cm³/mol. The normalized spacial score (nSPS) is 10.7. The SMILES string of the molecule is Cc1ccc(CN(C)C(=O)COC(=O)c2c(C)nn(Cc3ccc(C)cc3)c2C)cc1. The van der Waals surface area contributed by atoms with Crippen molar-refractivity contribution >= 4 is 11.9 Å². The van der Waals surface area contributed by atoms with Gasteiger partial charge < -0.3 is 9.64 Å². The van der Waals surface area contributed by atoms with Crippen molar-refractivity contribution in [2.45, 2.75) is 40.8 Å². The molecular weight excluding hydrogens is 390 g/mol. The molecule has 1 amide bonds. The second-order valence-corrected chi connectivity index (χ2v) is 8.00. The summed E-state index contributed by atoms with van der Waals surface area (Å²) in [4.78, 5) is 26.6. The van der Waals surface area contributed by atoms with Crippen molar-refractivity contribution in [1.82, 2.24) is 14.7 Å². The minimum atomic E-state index is -0.526. The van der Waals surface area contributed by atoms with E-state index in [0.717, 1.165) is 16.8 Å². The summed E-state index contributed by atoms with van der Waals surface area (Å²) < 4.78 is 7.12. The third kappa shape index (κ3) is 5.60. The van der Waals surface area contributed by atoms with E-state index in [4.69, 9.17) is 4.74 Å². The largest absolute Gasteiger partial charge is 0.452 e. The number of amides is 1. The van der Waals surface area contributed by atoms with Gasteiger partial charge in [0.2, 0.25) is 0 Å². The van der Waals surface area contributed by atoms with Gasteiger partial charge in [-0.05, 0) is 38.8 Å². The van der Waals surface area contributed by atoms with Gasteiger partial charge in [0.15, 0.2) is 6.61 Å². The van der Waals surface area contributed by atoms with E-state index >= 15 is 0 Å². The lowest BCUT2D eigenvalue weighted by molar-refractivity contribution is -0.133. The van der Waals surface area contributed by atoms with E-state index in [0.29, 0.717) is 24.3 Å². The maximum absolute atomic E-state index is 12.7. The molecule has 0 fully saturated rings. The fourth-order valence-corrected chi connectivity index (χ4v) is 3.38. The lowest BCUT2D eigenvalue weighted by Crippen LogP contribution is -2.31. The Morgan fingerprint density at radius 2 is 1.45 bits per heavy atom. The van der Waals surface area contributed by atoms with Crippen molar-refractivity contribution in [3.05, 3.63) is 87.7 Å². The number of aromatic nitrogens is 2.